The summed E-state index contributed by atoms with van der Waals surface area (Å²) in [5.74, 6) is 0.311. The van der Waals surface area contributed by atoms with Crippen molar-refractivity contribution in [1.82, 2.24) is 0 Å². The molecule has 0 heterocycles. The van der Waals surface area contributed by atoms with Crippen LogP contribution in [0.1, 0.15) is 19.3 Å². The van der Waals surface area contributed by atoms with Crippen LogP contribution < -0.4 is 0 Å². The topological polar surface area (TPSA) is 63.6 Å². The molecule has 4 heteroatoms. The molecule has 2 aliphatic carbocycles. The van der Waals surface area contributed by atoms with Gasteiger partial charge < -0.3 is 14.6 Å². The Kier molecular flexibility index (Phi) is 2.84. The Labute approximate surface area is 94.3 Å². The van der Waals surface area contributed by atoms with Crippen molar-refractivity contribution in [3.8, 4) is 0 Å². The molecule has 0 aliphatic heterocycles. The normalized spacial score (nSPS) is 42.7. The number of aliphatic hydroxyl groups is 1. The van der Waals surface area contributed by atoms with Gasteiger partial charge in [-0.1, -0.05) is 12.7 Å². The number of ether oxygens (including phenoxy) is 1. The molecule has 2 fully saturated rings. The summed E-state index contributed by atoms with van der Waals surface area (Å²) in [6.45, 7) is 3.93. The van der Waals surface area contributed by atoms with Gasteiger partial charge in [-0.15, -0.1) is 0 Å². The Morgan fingerprint density at radius 2 is 2.19 bits per heavy atom. The van der Waals surface area contributed by atoms with Gasteiger partial charge in [0.2, 0.25) is 0 Å². The molecule has 1 N–H and O–H groups in total. The first-order valence-electron chi connectivity index (χ1n) is 5.55. The van der Waals surface area contributed by atoms with Crippen molar-refractivity contribution < 1.29 is 19.4 Å². The van der Waals surface area contributed by atoms with Gasteiger partial charge in [-0.3, -0.25) is 4.79 Å². The van der Waals surface area contributed by atoms with E-state index in [1.807, 2.05) is 0 Å². The molecule has 0 bridgehead atoms. The quantitative estimate of drug-likeness (QED) is 0.551. The Balaban J connectivity index is 2.23. The Morgan fingerprint density at radius 1 is 1.44 bits per heavy atom. The summed E-state index contributed by atoms with van der Waals surface area (Å²) < 4.78 is 4.90. The van der Waals surface area contributed by atoms with E-state index in [0.717, 1.165) is 19.1 Å². The first kappa shape index (κ1) is 11.3. The van der Waals surface area contributed by atoms with E-state index in [1.54, 1.807) is 0 Å². The van der Waals surface area contributed by atoms with Gasteiger partial charge in [-0.05, 0) is 25.2 Å². The summed E-state index contributed by atoms with van der Waals surface area (Å²) in [4.78, 5) is 21.7. The average Bonchev–Trinajstić information content (AvgIpc) is 2.55. The SMILES string of the molecule is C=C[C@@H](OC=O)[C@@]1(C=O)C[C@@H]2CC[C@@H](O)[C@@H]21. The molecule has 16 heavy (non-hydrogen) atoms. The fraction of sp³-hybridized carbons (Fsp3) is 0.667. The number of hydrogen-bond acceptors (Lipinski definition) is 4. The highest BCUT2D eigenvalue weighted by atomic mass is 16.5. The minimum absolute atomic E-state index is 0.0760. The Hall–Kier alpha value is -1.16. The molecule has 0 amide bonds. The average molecular weight is 224 g/mol. The fourth-order valence-electron chi connectivity index (χ4n) is 3.47. The van der Waals surface area contributed by atoms with Crippen LogP contribution in [0.2, 0.25) is 0 Å². The van der Waals surface area contributed by atoms with E-state index in [9.17, 15) is 14.7 Å². The van der Waals surface area contributed by atoms with Gasteiger partial charge in [-0.2, -0.15) is 0 Å². The highest BCUT2D eigenvalue weighted by molar-refractivity contribution is 5.65. The van der Waals surface area contributed by atoms with Crippen LogP contribution >= 0.6 is 0 Å². The largest absolute Gasteiger partial charge is 0.459 e. The van der Waals surface area contributed by atoms with Crippen LogP contribution in [0.5, 0.6) is 0 Å². The monoisotopic (exact) mass is 224 g/mol. The van der Waals surface area contributed by atoms with Gasteiger partial charge in [0, 0.05) is 5.92 Å². The molecule has 5 atom stereocenters. The number of rotatable bonds is 5. The standard InChI is InChI=1S/C12H16O4/c1-2-10(16-7-14)12(6-13)5-8-3-4-9(15)11(8)12/h2,6-11,15H,1,3-5H2/t8-,9+,10+,11+,12-/m0/s1. The summed E-state index contributed by atoms with van der Waals surface area (Å²) in [5, 5.41) is 9.86. The summed E-state index contributed by atoms with van der Waals surface area (Å²) in [7, 11) is 0. The molecule has 0 spiro atoms. The predicted octanol–water partition coefficient (Wildman–Crippen LogP) is 0.690. The lowest BCUT2D eigenvalue weighted by Crippen LogP contribution is -2.57. The zero-order chi connectivity index (χ0) is 11.8. The third kappa shape index (κ3) is 1.33. The van der Waals surface area contributed by atoms with Crippen molar-refractivity contribution in [1.29, 1.82) is 0 Å². The third-order valence-corrected chi connectivity index (χ3v) is 4.16. The highest BCUT2D eigenvalue weighted by Gasteiger charge is 2.63. The van der Waals surface area contributed by atoms with E-state index in [2.05, 4.69) is 6.58 Å². The maximum Gasteiger partial charge on any atom is 0.293 e. The first-order chi connectivity index (χ1) is 7.69. The molecule has 88 valence electrons. The maximum atomic E-state index is 11.3. The molecular formula is C12H16O4. The van der Waals surface area contributed by atoms with E-state index in [4.69, 9.17) is 4.74 Å². The smallest absolute Gasteiger partial charge is 0.293 e. The second-order valence-corrected chi connectivity index (χ2v) is 4.75. The van der Waals surface area contributed by atoms with Crippen molar-refractivity contribution >= 4 is 12.8 Å². The molecule has 0 saturated heterocycles. The van der Waals surface area contributed by atoms with Gasteiger partial charge in [0.25, 0.3) is 6.47 Å². The van der Waals surface area contributed by atoms with Gasteiger partial charge in [-0.25, -0.2) is 0 Å². The van der Waals surface area contributed by atoms with Crippen molar-refractivity contribution in [2.24, 2.45) is 17.3 Å². The third-order valence-electron chi connectivity index (χ3n) is 4.16. The van der Waals surface area contributed by atoms with Crippen LogP contribution in [0.3, 0.4) is 0 Å². The summed E-state index contributed by atoms with van der Waals surface area (Å²) in [5.41, 5.74) is -0.747. The number of aliphatic hydroxyl groups excluding tert-OH is 1. The molecule has 0 unspecified atom stereocenters. The van der Waals surface area contributed by atoms with Crippen LogP contribution in [0, 0.1) is 17.3 Å². The first-order valence-corrected chi connectivity index (χ1v) is 5.55. The van der Waals surface area contributed by atoms with Crippen molar-refractivity contribution in [2.45, 2.75) is 31.5 Å². The van der Waals surface area contributed by atoms with E-state index in [-0.39, 0.29) is 5.92 Å². The zero-order valence-corrected chi connectivity index (χ0v) is 9.04. The molecule has 0 aromatic carbocycles. The molecule has 2 aliphatic rings. The predicted molar refractivity (Wildman–Crippen MR) is 56.5 cm³/mol. The summed E-state index contributed by atoms with van der Waals surface area (Å²) >= 11 is 0. The van der Waals surface area contributed by atoms with Gasteiger partial charge in [0.05, 0.1) is 11.5 Å². The number of aldehydes is 1. The minimum atomic E-state index is -0.747. The molecule has 2 saturated carbocycles. The number of fused-ring (bicyclic) bond motifs is 1. The molecule has 0 aromatic heterocycles. The van der Waals surface area contributed by atoms with Crippen molar-refractivity contribution in [3.63, 3.8) is 0 Å². The second kappa shape index (κ2) is 4.01. The molecule has 0 radical (unpaired) electrons. The lowest BCUT2D eigenvalue weighted by molar-refractivity contribution is -0.167. The maximum absolute atomic E-state index is 11.3. The number of carbonyl (C=O) groups is 2. The summed E-state index contributed by atoms with van der Waals surface area (Å²) in [6, 6.07) is 0. The van der Waals surface area contributed by atoms with E-state index in [1.165, 1.54) is 6.08 Å². The van der Waals surface area contributed by atoms with Gasteiger partial charge in [0.1, 0.15) is 12.4 Å². The van der Waals surface area contributed by atoms with Crippen molar-refractivity contribution in [3.05, 3.63) is 12.7 Å². The van der Waals surface area contributed by atoms with Gasteiger partial charge in [0.15, 0.2) is 0 Å². The zero-order valence-electron chi connectivity index (χ0n) is 9.04. The molecule has 2 rings (SSSR count). The van der Waals surface area contributed by atoms with Crippen LogP contribution in [0.25, 0.3) is 0 Å². The highest BCUT2D eigenvalue weighted by Crippen LogP contribution is 2.60. The Bertz CT molecular complexity index is 308. The lowest BCUT2D eigenvalue weighted by atomic mass is 9.52. The molecule has 0 aromatic rings. The second-order valence-electron chi connectivity index (χ2n) is 4.75. The van der Waals surface area contributed by atoms with E-state index in [0.29, 0.717) is 18.8 Å². The van der Waals surface area contributed by atoms with Crippen LogP contribution in [0.4, 0.5) is 0 Å². The minimum Gasteiger partial charge on any atom is -0.459 e. The lowest BCUT2D eigenvalue weighted by Gasteiger charge is -2.52. The number of carbonyl (C=O) groups excluding carboxylic acids is 2. The van der Waals surface area contributed by atoms with Crippen LogP contribution in [-0.2, 0) is 14.3 Å². The number of hydrogen-bond donors (Lipinski definition) is 1. The fourth-order valence-corrected chi connectivity index (χ4v) is 3.47. The van der Waals surface area contributed by atoms with Gasteiger partial charge >= 0.3 is 0 Å². The van der Waals surface area contributed by atoms with Crippen LogP contribution in [-0.4, -0.2) is 30.1 Å². The van der Waals surface area contributed by atoms with E-state index >= 15 is 0 Å². The van der Waals surface area contributed by atoms with E-state index < -0.39 is 17.6 Å². The molecule has 4 nitrogen and oxygen atoms in total. The summed E-state index contributed by atoms with van der Waals surface area (Å²) in [6.07, 6.45) is 3.60. The van der Waals surface area contributed by atoms with Crippen molar-refractivity contribution in [2.75, 3.05) is 0 Å². The molecular weight excluding hydrogens is 208 g/mol. The van der Waals surface area contributed by atoms with Crippen LogP contribution in [0.15, 0.2) is 12.7 Å². The Morgan fingerprint density at radius 3 is 2.69 bits per heavy atom.